The predicted octanol–water partition coefficient (Wildman–Crippen LogP) is 3.06. The van der Waals surface area contributed by atoms with Gasteiger partial charge in [-0.05, 0) is 37.5 Å². The van der Waals surface area contributed by atoms with E-state index in [4.69, 9.17) is 4.74 Å². The Bertz CT molecular complexity index is 311. The third-order valence-electron chi connectivity index (χ3n) is 5.31. The first-order valence-corrected chi connectivity index (χ1v) is 6.69. The van der Waals surface area contributed by atoms with Gasteiger partial charge in [0.05, 0.1) is 5.25 Å². The lowest BCUT2D eigenvalue weighted by Crippen LogP contribution is -2.39. The zero-order valence-corrected chi connectivity index (χ0v) is 11.5. The van der Waals surface area contributed by atoms with Crippen LogP contribution in [-0.4, -0.2) is 17.3 Å². The van der Waals surface area contributed by atoms with Gasteiger partial charge in [-0.25, -0.2) is 0 Å². The number of hydrogen-bond acceptors (Lipinski definition) is 3. The lowest BCUT2D eigenvalue weighted by Gasteiger charge is -2.38. The molecule has 16 heavy (non-hydrogen) atoms. The fourth-order valence-corrected chi connectivity index (χ4v) is 3.61. The van der Waals surface area contributed by atoms with Crippen molar-refractivity contribution >= 4 is 18.6 Å². The molecule has 0 spiro atoms. The van der Waals surface area contributed by atoms with Crippen molar-refractivity contribution in [2.24, 2.45) is 16.7 Å². The summed E-state index contributed by atoms with van der Waals surface area (Å²) in [6.07, 6.45) is 3.61. The molecule has 0 saturated heterocycles. The van der Waals surface area contributed by atoms with Crippen LogP contribution in [0.25, 0.3) is 0 Å². The molecule has 0 heterocycles. The Hall–Kier alpha value is -0.180. The second-order valence-corrected chi connectivity index (χ2v) is 6.99. The lowest BCUT2D eigenvalue weighted by atomic mass is 9.70. The van der Waals surface area contributed by atoms with Crippen LogP contribution in [0.1, 0.15) is 47.0 Å². The molecule has 4 atom stereocenters. The first kappa shape index (κ1) is 12.3. The Morgan fingerprint density at radius 3 is 2.44 bits per heavy atom. The molecule has 2 bridgehead atoms. The van der Waals surface area contributed by atoms with E-state index in [1.807, 2.05) is 0 Å². The molecule has 0 amide bonds. The monoisotopic (exact) mass is 242 g/mol. The molecule has 0 N–H and O–H groups in total. The summed E-state index contributed by atoms with van der Waals surface area (Å²) in [4.78, 5) is 11.6. The number of ether oxygens (including phenoxy) is 1. The van der Waals surface area contributed by atoms with Gasteiger partial charge >= 0.3 is 5.97 Å². The van der Waals surface area contributed by atoms with Gasteiger partial charge in [0.25, 0.3) is 0 Å². The van der Waals surface area contributed by atoms with Crippen molar-refractivity contribution in [1.29, 1.82) is 0 Å². The average Bonchev–Trinajstić information content (AvgIpc) is 2.50. The van der Waals surface area contributed by atoms with E-state index in [2.05, 4.69) is 33.4 Å². The van der Waals surface area contributed by atoms with E-state index in [-0.39, 0.29) is 22.7 Å². The van der Waals surface area contributed by atoms with Crippen molar-refractivity contribution in [2.45, 2.75) is 58.3 Å². The van der Waals surface area contributed by atoms with Gasteiger partial charge in [0.1, 0.15) is 6.10 Å². The number of thiol groups is 1. The minimum absolute atomic E-state index is 0.100. The molecule has 0 aromatic rings. The third kappa shape index (κ3) is 1.51. The molecule has 2 saturated carbocycles. The van der Waals surface area contributed by atoms with Gasteiger partial charge in [0.2, 0.25) is 0 Å². The van der Waals surface area contributed by atoms with E-state index in [1.165, 1.54) is 12.8 Å². The summed E-state index contributed by atoms with van der Waals surface area (Å²) in [5, 5.41) is -0.314. The molecule has 0 radical (unpaired) electrons. The first-order chi connectivity index (χ1) is 7.29. The van der Waals surface area contributed by atoms with Crippen LogP contribution in [0.2, 0.25) is 0 Å². The number of esters is 1. The molecule has 2 nitrogen and oxygen atoms in total. The summed E-state index contributed by atoms with van der Waals surface area (Å²) < 4.78 is 5.63. The van der Waals surface area contributed by atoms with E-state index in [0.29, 0.717) is 11.3 Å². The summed E-state index contributed by atoms with van der Waals surface area (Å²) in [6, 6.07) is 0. The fourth-order valence-electron chi connectivity index (χ4n) is 3.55. The van der Waals surface area contributed by atoms with E-state index in [0.717, 1.165) is 6.42 Å². The molecule has 2 rings (SSSR count). The Morgan fingerprint density at radius 1 is 1.44 bits per heavy atom. The van der Waals surface area contributed by atoms with Crippen LogP contribution >= 0.6 is 12.6 Å². The van der Waals surface area contributed by atoms with Crippen molar-refractivity contribution in [3.05, 3.63) is 0 Å². The fraction of sp³-hybridized carbons (Fsp3) is 0.923. The van der Waals surface area contributed by atoms with Gasteiger partial charge in [-0.3, -0.25) is 4.79 Å². The van der Waals surface area contributed by atoms with Crippen molar-refractivity contribution < 1.29 is 9.53 Å². The Labute approximate surface area is 104 Å². The largest absolute Gasteiger partial charge is 0.461 e. The standard InChI is InChI=1S/C13H22O2S/c1-8(16)11(14)15-10-7-9-5-6-13(10,4)12(9,2)3/h8-10,16H,5-7H2,1-4H3. The molecule has 2 aliphatic carbocycles. The second-order valence-electron chi connectivity index (χ2n) is 6.21. The van der Waals surface area contributed by atoms with Crippen molar-refractivity contribution in [3.63, 3.8) is 0 Å². The minimum atomic E-state index is -0.314. The average molecular weight is 242 g/mol. The maximum Gasteiger partial charge on any atom is 0.318 e. The zero-order valence-electron chi connectivity index (χ0n) is 10.6. The lowest BCUT2D eigenvalue weighted by molar-refractivity contribution is -0.155. The van der Waals surface area contributed by atoms with Crippen molar-refractivity contribution in [1.82, 2.24) is 0 Å². The van der Waals surface area contributed by atoms with E-state index in [9.17, 15) is 4.79 Å². The van der Waals surface area contributed by atoms with Crippen molar-refractivity contribution in [2.75, 3.05) is 0 Å². The highest BCUT2D eigenvalue weighted by molar-refractivity contribution is 7.81. The third-order valence-corrected chi connectivity index (χ3v) is 5.52. The first-order valence-electron chi connectivity index (χ1n) is 6.17. The van der Waals surface area contributed by atoms with Gasteiger partial charge in [0, 0.05) is 5.41 Å². The zero-order chi connectivity index (χ0) is 12.1. The summed E-state index contributed by atoms with van der Waals surface area (Å²) in [6.45, 7) is 8.69. The molecule has 0 aromatic heterocycles. The summed E-state index contributed by atoms with van der Waals surface area (Å²) >= 11 is 4.13. The van der Waals surface area contributed by atoms with Crippen LogP contribution in [0.15, 0.2) is 0 Å². The number of rotatable bonds is 2. The van der Waals surface area contributed by atoms with Gasteiger partial charge in [-0.1, -0.05) is 20.8 Å². The molecule has 2 fully saturated rings. The van der Waals surface area contributed by atoms with E-state index in [1.54, 1.807) is 6.92 Å². The van der Waals surface area contributed by atoms with Gasteiger partial charge in [-0.2, -0.15) is 12.6 Å². The van der Waals surface area contributed by atoms with E-state index < -0.39 is 0 Å². The highest BCUT2D eigenvalue weighted by Crippen LogP contribution is 2.66. The van der Waals surface area contributed by atoms with Crippen molar-refractivity contribution in [3.8, 4) is 0 Å². The molecule has 2 aliphatic rings. The van der Waals surface area contributed by atoms with E-state index >= 15 is 0 Å². The molecule has 4 unspecified atom stereocenters. The van der Waals surface area contributed by atoms with Crippen LogP contribution in [0.4, 0.5) is 0 Å². The second kappa shape index (κ2) is 3.66. The number of hydrogen-bond donors (Lipinski definition) is 1. The number of fused-ring (bicyclic) bond motifs is 2. The number of carbonyl (C=O) groups excluding carboxylic acids is 1. The summed E-state index contributed by atoms with van der Waals surface area (Å²) in [7, 11) is 0. The Kier molecular flexibility index (Phi) is 2.81. The molecular weight excluding hydrogens is 220 g/mol. The Morgan fingerprint density at radius 2 is 2.06 bits per heavy atom. The topological polar surface area (TPSA) is 26.3 Å². The van der Waals surface area contributed by atoms with Gasteiger partial charge in [0.15, 0.2) is 0 Å². The maximum atomic E-state index is 11.6. The molecular formula is C13H22O2S. The maximum absolute atomic E-state index is 11.6. The number of carbonyl (C=O) groups is 1. The van der Waals surface area contributed by atoms with Crippen LogP contribution < -0.4 is 0 Å². The summed E-state index contributed by atoms with van der Waals surface area (Å²) in [5.41, 5.74) is 0.466. The quantitative estimate of drug-likeness (QED) is 0.595. The molecule has 0 aromatic carbocycles. The molecule has 92 valence electrons. The van der Waals surface area contributed by atoms with Crippen LogP contribution in [0, 0.1) is 16.7 Å². The van der Waals surface area contributed by atoms with Gasteiger partial charge in [-0.15, -0.1) is 0 Å². The normalized spacial score (nSPS) is 42.1. The highest BCUT2D eigenvalue weighted by Gasteiger charge is 2.62. The predicted molar refractivity (Wildman–Crippen MR) is 67.6 cm³/mol. The Balaban J connectivity index is 2.13. The minimum Gasteiger partial charge on any atom is -0.461 e. The van der Waals surface area contributed by atoms with Crippen LogP contribution in [0.3, 0.4) is 0 Å². The van der Waals surface area contributed by atoms with Crippen LogP contribution in [-0.2, 0) is 9.53 Å². The smallest absolute Gasteiger partial charge is 0.318 e. The highest BCUT2D eigenvalue weighted by atomic mass is 32.1. The van der Waals surface area contributed by atoms with Crippen LogP contribution in [0.5, 0.6) is 0 Å². The SMILES string of the molecule is CC(S)C(=O)OC1CC2CCC1(C)C2(C)C. The molecule has 3 heteroatoms. The van der Waals surface area contributed by atoms with Gasteiger partial charge < -0.3 is 4.74 Å². The summed E-state index contributed by atoms with van der Waals surface area (Å²) in [5.74, 6) is 0.545. The molecule has 0 aliphatic heterocycles.